The molecule has 2 N–H and O–H groups in total. The molecule has 1 aromatic heterocycles. The van der Waals surface area contributed by atoms with Crippen LogP contribution in [0.3, 0.4) is 0 Å². The number of nitrogens with zero attached hydrogens (tertiary/aromatic N) is 2. The van der Waals surface area contributed by atoms with Gasteiger partial charge >= 0.3 is 0 Å². The molecule has 0 atom stereocenters. The number of hydrogen-bond acceptors (Lipinski definition) is 5. The number of aliphatic hydroxyl groups is 1. The lowest BCUT2D eigenvalue weighted by Crippen LogP contribution is -2.40. The van der Waals surface area contributed by atoms with Crippen molar-refractivity contribution in [3.8, 4) is 5.75 Å². The average molecular weight is 506 g/mol. The smallest absolute Gasteiger partial charge is 0.294 e. The van der Waals surface area contributed by atoms with E-state index in [0.29, 0.717) is 18.9 Å². The molecule has 37 heavy (non-hydrogen) atoms. The number of carbonyl (C=O) groups excluding carboxylic acids is 1. The SMILES string of the molecule is CCCCOc1c(C(=O)N(CCO)C(C)C)nc(CC2(c3cccc4ccccc34)CCCC2)[nH]c1=O. The molecular formula is C30H39N3O4. The molecule has 1 fully saturated rings. The van der Waals surface area contributed by atoms with Crippen LogP contribution in [0.15, 0.2) is 47.3 Å². The largest absolute Gasteiger partial charge is 0.486 e. The Labute approximate surface area is 218 Å². The van der Waals surface area contributed by atoms with Crippen LogP contribution in [0.2, 0.25) is 0 Å². The molecule has 1 aliphatic carbocycles. The number of fused-ring (bicyclic) bond motifs is 1. The van der Waals surface area contributed by atoms with Gasteiger partial charge in [0, 0.05) is 24.4 Å². The number of nitrogens with one attached hydrogen (secondary N) is 1. The highest BCUT2D eigenvalue weighted by Gasteiger charge is 2.38. The summed E-state index contributed by atoms with van der Waals surface area (Å²) in [5.41, 5.74) is 0.696. The molecule has 1 heterocycles. The van der Waals surface area contributed by atoms with Crippen molar-refractivity contribution in [1.82, 2.24) is 14.9 Å². The predicted molar refractivity (Wildman–Crippen MR) is 146 cm³/mol. The molecule has 198 valence electrons. The van der Waals surface area contributed by atoms with Crippen LogP contribution >= 0.6 is 0 Å². The number of rotatable bonds is 11. The molecular weight excluding hydrogens is 466 g/mol. The number of ether oxygens (including phenoxy) is 1. The lowest BCUT2D eigenvalue weighted by atomic mass is 9.74. The van der Waals surface area contributed by atoms with Gasteiger partial charge in [-0.25, -0.2) is 4.98 Å². The van der Waals surface area contributed by atoms with E-state index in [1.165, 1.54) is 21.2 Å². The van der Waals surface area contributed by atoms with Crippen LogP contribution in [-0.4, -0.2) is 51.7 Å². The van der Waals surface area contributed by atoms with Gasteiger partial charge in [0.05, 0.1) is 13.2 Å². The van der Waals surface area contributed by atoms with Crippen molar-refractivity contribution in [2.45, 2.75) is 77.2 Å². The summed E-state index contributed by atoms with van der Waals surface area (Å²) >= 11 is 0. The minimum Gasteiger partial charge on any atom is -0.486 e. The van der Waals surface area contributed by atoms with Gasteiger partial charge in [0.25, 0.3) is 11.5 Å². The molecule has 4 rings (SSSR count). The number of H-pyrrole nitrogens is 1. The molecule has 1 aliphatic rings. The number of aromatic nitrogens is 2. The third-order valence-electron chi connectivity index (χ3n) is 7.53. The average Bonchev–Trinajstić information content (AvgIpc) is 3.36. The monoisotopic (exact) mass is 505 g/mol. The highest BCUT2D eigenvalue weighted by Crippen LogP contribution is 2.45. The van der Waals surface area contributed by atoms with Crippen molar-refractivity contribution in [3.63, 3.8) is 0 Å². The molecule has 0 saturated heterocycles. The molecule has 0 radical (unpaired) electrons. The summed E-state index contributed by atoms with van der Waals surface area (Å²) in [5, 5.41) is 12.0. The van der Waals surface area contributed by atoms with Crippen LogP contribution in [0.1, 0.15) is 81.2 Å². The molecule has 0 aliphatic heterocycles. The van der Waals surface area contributed by atoms with Crippen molar-refractivity contribution >= 4 is 16.7 Å². The molecule has 2 aromatic carbocycles. The molecule has 0 spiro atoms. The first-order valence-corrected chi connectivity index (χ1v) is 13.6. The topological polar surface area (TPSA) is 95.5 Å². The summed E-state index contributed by atoms with van der Waals surface area (Å²) in [6, 6.07) is 14.7. The van der Waals surface area contributed by atoms with Gasteiger partial charge in [0.15, 0.2) is 5.69 Å². The zero-order valence-corrected chi connectivity index (χ0v) is 22.3. The second-order valence-electron chi connectivity index (χ2n) is 10.4. The maximum Gasteiger partial charge on any atom is 0.294 e. The second-order valence-corrected chi connectivity index (χ2v) is 10.4. The van der Waals surface area contributed by atoms with Gasteiger partial charge in [0.2, 0.25) is 5.75 Å². The fraction of sp³-hybridized carbons (Fsp3) is 0.500. The fourth-order valence-electron chi connectivity index (χ4n) is 5.63. The first kappa shape index (κ1) is 26.9. The van der Waals surface area contributed by atoms with E-state index >= 15 is 0 Å². The Bertz CT molecular complexity index is 1270. The zero-order valence-electron chi connectivity index (χ0n) is 22.3. The van der Waals surface area contributed by atoms with Gasteiger partial charge in [0.1, 0.15) is 5.82 Å². The third-order valence-corrected chi connectivity index (χ3v) is 7.53. The molecule has 0 bridgehead atoms. The van der Waals surface area contributed by atoms with Crippen LogP contribution in [0.4, 0.5) is 0 Å². The zero-order chi connectivity index (χ0) is 26.4. The minimum absolute atomic E-state index is 0.0306. The van der Waals surface area contributed by atoms with Gasteiger partial charge in [-0.1, -0.05) is 68.7 Å². The van der Waals surface area contributed by atoms with E-state index in [1.807, 2.05) is 20.8 Å². The normalized spacial score (nSPS) is 14.8. The Morgan fingerprint density at radius 1 is 1.16 bits per heavy atom. The van der Waals surface area contributed by atoms with Gasteiger partial charge < -0.3 is 19.7 Å². The van der Waals surface area contributed by atoms with Crippen molar-refractivity contribution in [2.24, 2.45) is 0 Å². The number of aromatic amines is 1. The van der Waals surface area contributed by atoms with Crippen LogP contribution in [-0.2, 0) is 11.8 Å². The summed E-state index contributed by atoms with van der Waals surface area (Å²) in [6.45, 7) is 6.13. The Kier molecular flexibility index (Phi) is 8.64. The van der Waals surface area contributed by atoms with E-state index in [9.17, 15) is 14.7 Å². The summed E-state index contributed by atoms with van der Waals surface area (Å²) in [6.07, 6.45) is 6.40. The van der Waals surface area contributed by atoms with Crippen LogP contribution in [0.25, 0.3) is 10.8 Å². The number of carbonyl (C=O) groups is 1. The lowest BCUT2D eigenvalue weighted by Gasteiger charge is -2.31. The summed E-state index contributed by atoms with van der Waals surface area (Å²) in [7, 11) is 0. The van der Waals surface area contributed by atoms with E-state index in [1.54, 1.807) is 0 Å². The van der Waals surface area contributed by atoms with E-state index in [2.05, 4.69) is 47.4 Å². The van der Waals surface area contributed by atoms with Crippen molar-refractivity contribution in [2.75, 3.05) is 19.8 Å². The van der Waals surface area contributed by atoms with E-state index in [0.717, 1.165) is 38.5 Å². The molecule has 7 heteroatoms. The van der Waals surface area contributed by atoms with Gasteiger partial charge in [-0.2, -0.15) is 0 Å². The third kappa shape index (κ3) is 5.72. The maximum atomic E-state index is 13.6. The number of benzene rings is 2. The van der Waals surface area contributed by atoms with Crippen LogP contribution in [0, 0.1) is 0 Å². The molecule has 0 unspecified atom stereocenters. The highest BCUT2D eigenvalue weighted by atomic mass is 16.5. The van der Waals surface area contributed by atoms with Crippen LogP contribution < -0.4 is 10.3 Å². The Balaban J connectivity index is 1.79. The van der Waals surface area contributed by atoms with E-state index in [-0.39, 0.29) is 36.1 Å². The van der Waals surface area contributed by atoms with Gasteiger partial charge in [-0.05, 0) is 49.4 Å². The standard InChI is InChI=1S/C30H39N3O4/c1-4-5-19-37-27-26(29(36)33(17-18-34)21(2)3)31-25(32-28(27)35)20-30(15-8-9-16-30)24-14-10-12-22-11-6-7-13-23(22)24/h6-7,10-14,21,34H,4-5,8-9,15-20H2,1-3H3,(H,31,32,35). The quantitative estimate of drug-likeness (QED) is 0.358. The minimum atomic E-state index is -0.428. The van der Waals surface area contributed by atoms with E-state index in [4.69, 9.17) is 9.72 Å². The van der Waals surface area contributed by atoms with Crippen molar-refractivity contribution in [1.29, 1.82) is 0 Å². The first-order valence-electron chi connectivity index (χ1n) is 13.6. The Morgan fingerprint density at radius 3 is 2.59 bits per heavy atom. The highest BCUT2D eigenvalue weighted by molar-refractivity contribution is 5.95. The summed E-state index contributed by atoms with van der Waals surface area (Å²) in [5.74, 6) is 0.0729. The second kappa shape index (κ2) is 11.9. The number of hydrogen-bond donors (Lipinski definition) is 2. The van der Waals surface area contributed by atoms with E-state index < -0.39 is 11.5 Å². The number of amides is 1. The molecule has 1 saturated carbocycles. The number of unbranched alkanes of at least 4 members (excludes halogenated alkanes) is 1. The predicted octanol–water partition coefficient (Wildman–Crippen LogP) is 5.00. The summed E-state index contributed by atoms with van der Waals surface area (Å²) in [4.78, 5) is 36.2. The first-order chi connectivity index (χ1) is 17.9. The van der Waals surface area contributed by atoms with Crippen LogP contribution in [0.5, 0.6) is 5.75 Å². The van der Waals surface area contributed by atoms with Crippen molar-refractivity contribution in [3.05, 3.63) is 69.9 Å². The fourth-order valence-corrected chi connectivity index (χ4v) is 5.63. The Morgan fingerprint density at radius 2 is 1.89 bits per heavy atom. The summed E-state index contributed by atoms with van der Waals surface area (Å²) < 4.78 is 5.81. The van der Waals surface area contributed by atoms with Crippen molar-refractivity contribution < 1.29 is 14.6 Å². The van der Waals surface area contributed by atoms with Gasteiger partial charge in [-0.15, -0.1) is 0 Å². The molecule has 1 amide bonds. The number of aliphatic hydroxyl groups excluding tert-OH is 1. The van der Waals surface area contributed by atoms with Gasteiger partial charge in [-0.3, -0.25) is 9.59 Å². The maximum absolute atomic E-state index is 13.6. The molecule has 7 nitrogen and oxygen atoms in total. The Hall–Kier alpha value is -3.19. The molecule has 3 aromatic rings. The lowest BCUT2D eigenvalue weighted by molar-refractivity contribution is 0.0653.